The van der Waals surface area contributed by atoms with Gasteiger partial charge in [0, 0.05) is 37.6 Å². The topological polar surface area (TPSA) is 170 Å². The second kappa shape index (κ2) is 52.4. The molecule has 1 aliphatic rings. The van der Waals surface area contributed by atoms with Gasteiger partial charge in [0.2, 0.25) is 0 Å². The summed E-state index contributed by atoms with van der Waals surface area (Å²) in [5.41, 5.74) is 0. The fraction of sp³-hybridized carbons (Fsp3) is 1.00. The van der Waals surface area contributed by atoms with E-state index in [1.807, 2.05) is 0 Å². The van der Waals surface area contributed by atoms with Gasteiger partial charge in [-0.05, 0) is 183 Å². The van der Waals surface area contributed by atoms with Gasteiger partial charge in [-0.25, -0.2) is 0 Å². The molecule has 0 amide bonds. The van der Waals surface area contributed by atoms with Gasteiger partial charge in [-0.2, -0.15) is 4.33 Å². The first kappa shape index (κ1) is 110. The van der Waals surface area contributed by atoms with Crippen molar-refractivity contribution in [2.45, 2.75) is 262 Å². The van der Waals surface area contributed by atoms with Crippen LogP contribution in [0.4, 0.5) is 0 Å². The van der Waals surface area contributed by atoms with Crippen molar-refractivity contribution in [3.05, 3.63) is 0 Å². The predicted molar refractivity (Wildman–Crippen MR) is 362 cm³/mol. The van der Waals surface area contributed by atoms with Crippen LogP contribution in [0.25, 0.3) is 0 Å². The Morgan fingerprint density at radius 1 is 0.539 bits per heavy atom. The minimum atomic E-state index is -2.36. The Morgan fingerprint density at radius 3 is 1.12 bits per heavy atom. The van der Waals surface area contributed by atoms with Crippen molar-refractivity contribution in [1.82, 2.24) is 4.90 Å². The first-order valence-corrected chi connectivity index (χ1v) is 56.1. The number of hydrogen-bond donors (Lipinski definition) is 1. The van der Waals surface area contributed by atoms with Crippen molar-refractivity contribution >= 4 is 107 Å². The molecule has 0 aliphatic carbocycles. The van der Waals surface area contributed by atoms with E-state index in [0.29, 0.717) is 25.0 Å². The third kappa shape index (κ3) is 77.1. The normalized spacial score (nSPS) is 15.9. The number of aliphatic hydroxyl groups is 1. The summed E-state index contributed by atoms with van der Waals surface area (Å²) in [7, 11) is -16.8. The summed E-state index contributed by atoms with van der Waals surface area (Å²) < 4.78 is 70.8. The quantitative estimate of drug-likeness (QED) is 0.0123. The molecule has 0 saturated carbocycles. The summed E-state index contributed by atoms with van der Waals surface area (Å²) in [5, 5.41) is 23.1. The summed E-state index contributed by atoms with van der Waals surface area (Å²) in [6.07, 6.45) is 1.40. The minimum Gasteiger partial charge on any atom is -0.691 e. The molecule has 1 fully saturated rings. The SMILES string of the molecule is C.C.C.C.C.C.C.C.C.C.CN(CCSOO[O-])C(O)COCCC[Si](C)(O[SiH](C)O[Si](C)(C)C)O[Si](C)(C)C.C[SiH](O[Si](C)(C)C)O[Si](C)(C)C.C[SiH](O[Si](C)(C)C)O[Si](C)(CCCOCC1CO1)O[Si](C)(C)C.[Na+]. The number of hydrogen-bond acceptors (Lipinski definition) is 17. The van der Waals surface area contributed by atoms with Crippen LogP contribution in [0.1, 0.15) is 87.1 Å². The molecule has 0 aromatic rings. The van der Waals surface area contributed by atoms with Crippen LogP contribution >= 0.6 is 12.0 Å². The molecule has 0 spiro atoms. The zero-order valence-corrected chi connectivity index (χ0v) is 61.0. The van der Waals surface area contributed by atoms with Crippen LogP contribution in [0.3, 0.4) is 0 Å². The van der Waals surface area contributed by atoms with Gasteiger partial charge in [0.25, 0.3) is 27.9 Å². The predicted octanol–water partition coefficient (Wildman–Crippen LogP) is 11.5. The third-order valence-electron chi connectivity index (χ3n) is 7.88. The van der Waals surface area contributed by atoms with Crippen LogP contribution in [0.5, 0.6) is 0 Å². The van der Waals surface area contributed by atoms with E-state index in [9.17, 15) is 10.4 Å². The number of likely N-dealkylation sites (N-methyl/N-ethyl adjacent to an activating group) is 1. The molecule has 0 aromatic heterocycles. The Morgan fingerprint density at radius 2 is 0.842 bits per heavy atom. The summed E-state index contributed by atoms with van der Waals surface area (Å²) in [6.45, 7) is 54.0. The van der Waals surface area contributed by atoms with Crippen molar-refractivity contribution in [2.75, 3.05) is 52.4 Å². The van der Waals surface area contributed by atoms with Crippen LogP contribution in [-0.4, -0.2) is 170 Å². The molecule has 0 aromatic carbocycles. The molecule has 1 rings (SSSR count). The molecule has 0 radical (unpaired) electrons. The van der Waals surface area contributed by atoms with E-state index in [-0.39, 0.29) is 110 Å². The van der Waals surface area contributed by atoms with E-state index in [1.54, 1.807) is 11.9 Å². The number of nitrogens with zero attached hydrogens (tertiary/aromatic N) is 1. The molecule has 1 heterocycles. The van der Waals surface area contributed by atoms with Gasteiger partial charge in [-0.1, -0.05) is 74.3 Å². The van der Waals surface area contributed by atoms with Crippen LogP contribution in [0, 0.1) is 0 Å². The largest absolute Gasteiger partial charge is 1.00 e. The molecule has 6 atom stereocenters. The zero-order valence-electron chi connectivity index (χ0n) is 46.7. The van der Waals surface area contributed by atoms with Crippen molar-refractivity contribution in [3.8, 4) is 0 Å². The van der Waals surface area contributed by atoms with Crippen molar-refractivity contribution in [1.29, 1.82) is 0 Å². The van der Waals surface area contributed by atoms with Gasteiger partial charge in [0.1, 0.15) is 12.3 Å². The van der Waals surface area contributed by atoms with Crippen molar-refractivity contribution in [2.24, 2.45) is 0 Å². The van der Waals surface area contributed by atoms with Crippen LogP contribution in [-0.2, 0) is 56.5 Å². The first-order valence-electron chi connectivity index (χ1n) is 23.4. The summed E-state index contributed by atoms with van der Waals surface area (Å²) in [6, 6.07) is 1.80. The molecule has 0 bridgehead atoms. The van der Waals surface area contributed by atoms with E-state index in [0.717, 1.165) is 56.8 Å². The van der Waals surface area contributed by atoms with Crippen LogP contribution < -0.4 is 34.8 Å². The Labute approximate surface area is 518 Å². The third-order valence-corrected chi connectivity index (χ3v) is 42.5. The Balaban J connectivity index is -0.0000000708. The fourth-order valence-corrected chi connectivity index (χ4v) is 45.2. The molecular weight excluding hydrogens is 1180 g/mol. The molecular formula is C47H140NNaO15SSi11. The average Bonchev–Trinajstić information content (AvgIpc) is 3.85. The summed E-state index contributed by atoms with van der Waals surface area (Å²) >= 11 is 0.893. The maximum Gasteiger partial charge on any atom is 1.00 e. The van der Waals surface area contributed by atoms with E-state index in [1.165, 1.54) is 0 Å². The fourth-order valence-electron chi connectivity index (χ4n) is 6.40. The zero-order chi connectivity index (χ0) is 51.1. The molecule has 76 heavy (non-hydrogen) atoms. The van der Waals surface area contributed by atoms with Crippen molar-refractivity contribution in [3.63, 3.8) is 0 Å². The van der Waals surface area contributed by atoms with Crippen LogP contribution in [0.2, 0.25) is 163 Å². The van der Waals surface area contributed by atoms with Gasteiger partial charge in [0.15, 0.2) is 49.9 Å². The Bertz CT molecular complexity index is 1220. The van der Waals surface area contributed by atoms with Crippen molar-refractivity contribution < 1.29 is 96.4 Å². The van der Waals surface area contributed by atoms with E-state index in [4.69, 9.17) is 47.1 Å². The second-order valence-corrected chi connectivity index (χ2v) is 65.1. The second-order valence-electron chi connectivity index (χ2n) is 22.8. The molecule has 1 N–H and O–H groups in total. The van der Waals surface area contributed by atoms with Gasteiger partial charge in [0.05, 0.1) is 19.8 Å². The molecule has 1 aliphatic heterocycles. The van der Waals surface area contributed by atoms with E-state index >= 15 is 0 Å². The van der Waals surface area contributed by atoms with Gasteiger partial charge < -0.3 is 57.5 Å². The molecule has 16 nitrogen and oxygen atoms in total. The first-order chi connectivity index (χ1) is 29.2. The van der Waals surface area contributed by atoms with E-state index in [2.05, 4.69) is 160 Å². The Kier molecular flexibility index (Phi) is 76.2. The monoisotopic (exact) mass is 1320 g/mol. The molecule has 29 heteroatoms. The summed E-state index contributed by atoms with van der Waals surface area (Å²) in [5.74, 6) is 0.493. The maximum absolute atomic E-state index is 10.1. The van der Waals surface area contributed by atoms with Gasteiger partial charge >= 0.3 is 46.7 Å². The van der Waals surface area contributed by atoms with Gasteiger partial charge in [-0.15, -0.1) is 0 Å². The Hall–Kier alpha value is 3.10. The van der Waals surface area contributed by atoms with Crippen LogP contribution in [0.15, 0.2) is 0 Å². The molecule has 6 unspecified atom stereocenters. The average molecular weight is 1320 g/mol. The minimum absolute atomic E-state index is 0. The smallest absolute Gasteiger partial charge is 0.691 e. The molecule has 1 saturated heterocycles. The van der Waals surface area contributed by atoms with Gasteiger partial charge in [-0.3, -0.25) is 9.94 Å². The number of rotatable bonds is 34. The van der Waals surface area contributed by atoms with E-state index < -0.39 is 101 Å². The number of aliphatic hydroxyl groups excluding tert-OH is 1. The maximum atomic E-state index is 10.1. The molecule has 474 valence electrons. The number of ether oxygens (including phenoxy) is 3. The summed E-state index contributed by atoms with van der Waals surface area (Å²) in [4.78, 5) is 1.72. The standard InChI is InChI=1S/C16H43NO8SSi4.C14H36O5Si4.C7H22O2Si3.10CH4.Na/c1-17(11-13-26-22-21-19)16(18)15-20-12-10-14-30(9,25-29(6,7)8)24-27(2)23-28(3,4)5;1-20(17-21(2,3)4)18-23(8,19-22(5,6)7)11-9-10-15-12-14-13-16-14;1-10(8-11(2,3)4)9-12(5,6)7;;;;;;;;;;;/h16,18-19,27H,10-15H2,1-9H3;14,20H,9-13H2,1-8H3;10H,1-7H3;10*1H4;/q;;;;;;;;;;;;;+1/p-1. The number of epoxide rings is 1.